The summed E-state index contributed by atoms with van der Waals surface area (Å²) >= 11 is 15.3. The molecule has 8 aromatic carbocycles. The first-order valence-electron chi connectivity index (χ1n) is 22.7. The summed E-state index contributed by atoms with van der Waals surface area (Å²) in [5.41, 5.74) is 0. The summed E-state index contributed by atoms with van der Waals surface area (Å²) in [4.78, 5) is 10.9. The predicted octanol–water partition coefficient (Wildman–Crippen LogP) is 20.2. The smallest absolute Gasteiger partial charge is 0.0919 e. The first-order chi connectivity index (χ1) is 32.9. The number of hydrogen-bond acceptors (Lipinski definition) is 8. The van der Waals surface area contributed by atoms with Gasteiger partial charge in [-0.3, -0.25) is 0 Å². The summed E-state index contributed by atoms with van der Waals surface area (Å²) < 4.78 is 8.77. The third-order valence-electron chi connectivity index (χ3n) is 11.7. The van der Waals surface area contributed by atoms with Crippen molar-refractivity contribution in [3.8, 4) is 0 Å². The van der Waals surface area contributed by atoms with Crippen molar-refractivity contribution >= 4 is 179 Å². The second-order valence-corrected chi connectivity index (χ2v) is 38.0. The highest BCUT2D eigenvalue weighted by Gasteiger charge is 2.28. The highest BCUT2D eigenvalue weighted by atomic mass is 32.2. The van der Waals surface area contributed by atoms with Crippen molar-refractivity contribution < 1.29 is 0 Å². The molecule has 0 N–H and O–H groups in total. The van der Waals surface area contributed by atoms with Crippen LogP contribution in [0, 0.1) is 0 Å². The molecule has 0 unspecified atom stereocenters. The molecule has 0 nitrogen and oxygen atoms in total. The topological polar surface area (TPSA) is 0 Å². The molecule has 0 saturated carbocycles. The minimum atomic E-state index is -1.50. The minimum Gasteiger partial charge on any atom is -0.144 e. The average molecular weight is 1060 g/mol. The Bertz CT molecular complexity index is 3500. The summed E-state index contributed by atoms with van der Waals surface area (Å²) in [6.07, 6.45) is 0. The van der Waals surface area contributed by atoms with Gasteiger partial charge < -0.3 is 0 Å². The Labute approximate surface area is 434 Å². The van der Waals surface area contributed by atoms with Gasteiger partial charge in [-0.1, -0.05) is 159 Å². The fraction of sp³-hybridized carbons (Fsp3) is 0.103. The van der Waals surface area contributed by atoms with Crippen molar-refractivity contribution in [1.82, 2.24) is 0 Å². The summed E-state index contributed by atoms with van der Waals surface area (Å²) in [5.74, 6) is 0. The molecule has 0 amide bonds. The summed E-state index contributed by atoms with van der Waals surface area (Å²) in [7, 11) is -3.01. The highest BCUT2D eigenvalue weighted by molar-refractivity contribution is 8.00. The van der Waals surface area contributed by atoms with Crippen molar-refractivity contribution in [2.45, 2.75) is 78.4 Å². The Kier molecular flexibility index (Phi) is 13.1. The summed E-state index contributed by atoms with van der Waals surface area (Å²) in [6.45, 7) is 14.9. The first kappa shape index (κ1) is 46.3. The van der Waals surface area contributed by atoms with E-state index in [-0.39, 0.29) is 0 Å². The SMILES string of the molecule is C[Si](C)(C)c1sc2cc3cc4c(Sc5ccccc5)c([Si](C)(C)C)sc4cc3cc2c1Sc1ccccc1.c1ccc(Sc2csc3cc4cc5c(Sc6ccccc6)csc5cc4cc23)cc1. The lowest BCUT2D eigenvalue weighted by Gasteiger charge is -2.16. The molecule has 12 rings (SSSR count). The van der Waals surface area contributed by atoms with Crippen LogP contribution in [0.1, 0.15) is 0 Å². The number of fused-ring (bicyclic) bond motifs is 6. The third kappa shape index (κ3) is 9.71. The van der Waals surface area contributed by atoms with Gasteiger partial charge in [0.25, 0.3) is 0 Å². The lowest BCUT2D eigenvalue weighted by molar-refractivity contribution is 1.45. The van der Waals surface area contributed by atoms with Gasteiger partial charge in [-0.25, -0.2) is 0 Å². The van der Waals surface area contributed by atoms with Gasteiger partial charge in [0.2, 0.25) is 0 Å². The van der Waals surface area contributed by atoms with E-state index in [0.29, 0.717) is 0 Å². The molecule has 0 aliphatic carbocycles. The second kappa shape index (κ2) is 19.3. The number of thiophene rings is 4. The highest BCUT2D eigenvalue weighted by Crippen LogP contribution is 2.45. The van der Waals surface area contributed by atoms with E-state index < -0.39 is 16.1 Å². The van der Waals surface area contributed by atoms with Crippen LogP contribution in [-0.4, -0.2) is 16.1 Å². The third-order valence-corrected chi connectivity index (χ3v) is 28.4. The quantitative estimate of drug-likeness (QED) is 0.125. The number of rotatable bonds is 10. The Balaban J connectivity index is 0.000000153. The Morgan fingerprint density at radius 3 is 0.941 bits per heavy atom. The zero-order chi connectivity index (χ0) is 46.6. The van der Waals surface area contributed by atoms with Gasteiger partial charge in [-0.15, -0.1) is 45.3 Å². The van der Waals surface area contributed by atoms with Gasteiger partial charge in [-0.05, 0) is 119 Å². The fourth-order valence-corrected chi connectivity index (χ4v) is 23.7. The van der Waals surface area contributed by atoms with Crippen LogP contribution in [0.2, 0.25) is 39.3 Å². The normalized spacial score (nSPS) is 12.2. The van der Waals surface area contributed by atoms with Crippen molar-refractivity contribution in [1.29, 1.82) is 0 Å². The maximum absolute atomic E-state index is 2.48. The standard InChI is InChI=1S/C32H32S4Si2.C26H16S4/c1-37(2,3)31-29(33-23-13-9-7-10-14-23)25-17-21-20-28-26(18-22(21)19-27(25)35-31)30(32(36-28)38(4,5)6)34-24-15-11-8-12-16-24;1-3-7-19(8-4-1)29-25-15-27-23-13-18-12-22-24(14-17(18)11-21(23)25)28-16-26(22)30-20-9-5-2-6-10-20/h7-20H,1-6H3;1-16H. The van der Waals surface area contributed by atoms with Crippen LogP contribution in [0.3, 0.4) is 0 Å². The molecule has 68 heavy (non-hydrogen) atoms. The molecule has 12 aromatic rings. The molecule has 10 heteroatoms. The summed E-state index contributed by atoms with van der Waals surface area (Å²) in [5, 5.41) is 15.5. The average Bonchev–Trinajstić information content (AvgIpc) is 4.11. The molecule has 0 aliphatic heterocycles. The monoisotopic (exact) mass is 1060 g/mol. The van der Waals surface area contributed by atoms with Crippen LogP contribution < -0.4 is 9.00 Å². The minimum absolute atomic E-state index is 1.29. The van der Waals surface area contributed by atoms with Crippen molar-refractivity contribution in [2.75, 3.05) is 0 Å². The van der Waals surface area contributed by atoms with Crippen molar-refractivity contribution in [2.24, 2.45) is 0 Å². The number of hydrogen-bond donors (Lipinski definition) is 0. The van der Waals surface area contributed by atoms with Crippen molar-refractivity contribution in [3.05, 3.63) is 181 Å². The molecule has 0 atom stereocenters. The maximum Gasteiger partial charge on any atom is 0.0919 e. The first-order valence-corrected chi connectivity index (χ1v) is 36.3. The van der Waals surface area contributed by atoms with Crippen molar-refractivity contribution in [3.63, 3.8) is 0 Å². The van der Waals surface area contributed by atoms with Crippen LogP contribution in [0.25, 0.3) is 61.9 Å². The van der Waals surface area contributed by atoms with Crippen LogP contribution in [0.4, 0.5) is 0 Å². The molecule has 0 fully saturated rings. The molecule has 0 spiro atoms. The van der Waals surface area contributed by atoms with E-state index >= 15 is 0 Å². The molecular formula is C58H48S8Si2. The zero-order valence-electron chi connectivity index (χ0n) is 38.6. The molecular weight excluding hydrogens is 1010 g/mol. The van der Waals surface area contributed by atoms with Gasteiger partial charge in [0.05, 0.1) is 16.1 Å². The van der Waals surface area contributed by atoms with Gasteiger partial charge in [0, 0.05) is 99.3 Å². The van der Waals surface area contributed by atoms with Gasteiger partial charge in [-0.2, -0.15) is 0 Å². The molecule has 4 aromatic heterocycles. The Hall–Kier alpha value is -4.05. The Morgan fingerprint density at radius 1 is 0.324 bits per heavy atom. The molecule has 336 valence electrons. The van der Waals surface area contributed by atoms with Gasteiger partial charge in [0.15, 0.2) is 0 Å². The van der Waals surface area contributed by atoms with Gasteiger partial charge in [0.1, 0.15) is 0 Å². The lowest BCUT2D eigenvalue weighted by atomic mass is 10.1. The molecule has 0 saturated heterocycles. The fourth-order valence-electron chi connectivity index (χ4n) is 8.43. The van der Waals surface area contributed by atoms with E-state index in [0.717, 1.165) is 0 Å². The van der Waals surface area contributed by atoms with Gasteiger partial charge >= 0.3 is 0 Å². The molecule has 0 aliphatic rings. The molecule has 0 radical (unpaired) electrons. The van der Waals surface area contributed by atoms with Crippen LogP contribution in [-0.2, 0) is 0 Å². The second-order valence-electron chi connectivity index (χ2n) is 19.0. The van der Waals surface area contributed by atoms with E-state index in [1.54, 1.807) is 9.00 Å². The lowest BCUT2D eigenvalue weighted by Crippen LogP contribution is -2.36. The van der Waals surface area contributed by atoms with E-state index in [1.165, 1.54) is 101 Å². The van der Waals surface area contributed by atoms with Crippen LogP contribution in [0.15, 0.2) is 220 Å². The largest absolute Gasteiger partial charge is 0.144 e. The Morgan fingerprint density at radius 2 is 0.618 bits per heavy atom. The van der Waals surface area contributed by atoms with E-state index in [2.05, 4.69) is 220 Å². The van der Waals surface area contributed by atoms with Crippen LogP contribution in [0.5, 0.6) is 0 Å². The van der Waals surface area contributed by atoms with Crippen LogP contribution >= 0.6 is 92.4 Å². The van der Waals surface area contributed by atoms with E-state index in [1.807, 2.05) is 92.4 Å². The molecule has 4 heterocycles. The number of benzene rings is 8. The zero-order valence-corrected chi connectivity index (χ0v) is 47.1. The summed E-state index contributed by atoms with van der Waals surface area (Å²) in [6, 6.07) is 62.4. The van der Waals surface area contributed by atoms with E-state index in [9.17, 15) is 0 Å². The molecule has 0 bridgehead atoms. The van der Waals surface area contributed by atoms with E-state index in [4.69, 9.17) is 0 Å². The predicted molar refractivity (Wildman–Crippen MR) is 318 cm³/mol. The maximum atomic E-state index is 2.48.